The Hall–Kier alpha value is 0.110. The van der Waals surface area contributed by atoms with Gasteiger partial charge in [-0.15, -0.1) is 0 Å². The summed E-state index contributed by atoms with van der Waals surface area (Å²) in [6.07, 6.45) is 9.11. The van der Waals surface area contributed by atoms with Crippen LogP contribution >= 0.6 is 7.60 Å². The fourth-order valence-corrected chi connectivity index (χ4v) is 5.25. The normalized spacial score (nSPS) is 20.4. The van der Waals surface area contributed by atoms with Crippen LogP contribution in [0.4, 0.5) is 0 Å². The smallest absolute Gasteiger partial charge is 0.308 e. The van der Waals surface area contributed by atoms with Crippen molar-refractivity contribution in [2.45, 2.75) is 90.4 Å². The molecule has 0 radical (unpaired) electrons. The first-order valence-corrected chi connectivity index (χ1v) is 10.2. The van der Waals surface area contributed by atoms with Crippen molar-refractivity contribution >= 4 is 7.60 Å². The molecule has 0 heterocycles. The number of unbranched alkanes of at least 4 members (excludes halogenated alkanes) is 1. The maximum absolute atomic E-state index is 13.3. The summed E-state index contributed by atoms with van der Waals surface area (Å²) in [5.74, 6) is 0. The lowest BCUT2D eigenvalue weighted by atomic mass is 9.94. The second-order valence-electron chi connectivity index (χ2n) is 6.19. The lowest BCUT2D eigenvalue weighted by Gasteiger charge is -2.40. The summed E-state index contributed by atoms with van der Waals surface area (Å²) in [5.41, 5.74) is 0. The Morgan fingerprint density at radius 3 is 2.14 bits per heavy atom. The van der Waals surface area contributed by atoms with Gasteiger partial charge in [0.15, 0.2) is 0 Å². The summed E-state index contributed by atoms with van der Waals surface area (Å²) in [6.45, 7) is 8.80. The van der Waals surface area contributed by atoms with E-state index in [4.69, 9.17) is 9.05 Å². The van der Waals surface area contributed by atoms with Crippen LogP contribution in [-0.2, 0) is 13.6 Å². The van der Waals surface area contributed by atoms with Gasteiger partial charge in [0, 0.05) is 6.04 Å². The quantitative estimate of drug-likeness (QED) is 0.570. The van der Waals surface area contributed by atoms with E-state index < -0.39 is 12.9 Å². The third-order valence-electron chi connectivity index (χ3n) is 4.34. The summed E-state index contributed by atoms with van der Waals surface area (Å²) in [6, 6.07) is 0.440. The molecule has 126 valence electrons. The van der Waals surface area contributed by atoms with E-state index in [0.717, 1.165) is 19.3 Å². The molecule has 4 nitrogen and oxygen atoms in total. The molecule has 0 amide bonds. The molecule has 1 unspecified atom stereocenters. The Bertz CT molecular complexity index is 321. The van der Waals surface area contributed by atoms with Gasteiger partial charge in [-0.3, -0.25) is 9.88 Å². The SMILES string of the molecule is CCCCC(C)(NC1CCCCC1)P(=O)(OCC)OCC. The molecule has 1 N–H and O–H groups in total. The van der Waals surface area contributed by atoms with Crippen LogP contribution in [0.25, 0.3) is 0 Å². The number of hydrogen-bond acceptors (Lipinski definition) is 4. The van der Waals surface area contributed by atoms with Crippen LogP contribution in [0.3, 0.4) is 0 Å². The Labute approximate surface area is 130 Å². The van der Waals surface area contributed by atoms with Crippen molar-refractivity contribution < 1.29 is 13.6 Å². The van der Waals surface area contributed by atoms with Gasteiger partial charge in [-0.2, -0.15) is 0 Å². The molecule has 1 atom stereocenters. The minimum Gasteiger partial charge on any atom is -0.308 e. The van der Waals surface area contributed by atoms with E-state index in [2.05, 4.69) is 12.2 Å². The summed E-state index contributed by atoms with van der Waals surface area (Å²) in [5, 5.41) is 3.09. The summed E-state index contributed by atoms with van der Waals surface area (Å²) in [4.78, 5) is 0. The lowest BCUT2D eigenvalue weighted by Crippen LogP contribution is -2.49. The van der Waals surface area contributed by atoms with Gasteiger partial charge >= 0.3 is 7.60 Å². The first-order valence-electron chi connectivity index (χ1n) is 8.68. The van der Waals surface area contributed by atoms with Gasteiger partial charge in [-0.1, -0.05) is 39.0 Å². The number of hydrogen-bond donors (Lipinski definition) is 1. The van der Waals surface area contributed by atoms with E-state index in [1.165, 1.54) is 32.1 Å². The third-order valence-corrected chi connectivity index (χ3v) is 7.10. The molecular weight excluding hydrogens is 285 g/mol. The molecule has 1 fully saturated rings. The van der Waals surface area contributed by atoms with E-state index in [0.29, 0.717) is 19.3 Å². The molecule has 0 aromatic heterocycles. The molecule has 0 aromatic rings. The monoisotopic (exact) mass is 319 g/mol. The predicted octanol–water partition coefficient (Wildman–Crippen LogP) is 5.08. The van der Waals surface area contributed by atoms with Crippen molar-refractivity contribution in [1.29, 1.82) is 0 Å². The zero-order chi connectivity index (χ0) is 15.8. The molecule has 0 aliphatic heterocycles. The van der Waals surface area contributed by atoms with Crippen molar-refractivity contribution in [1.82, 2.24) is 5.32 Å². The second-order valence-corrected chi connectivity index (χ2v) is 8.69. The number of nitrogens with one attached hydrogen (secondary N) is 1. The molecule has 5 heteroatoms. The van der Waals surface area contributed by atoms with E-state index in [9.17, 15) is 4.57 Å². The molecular formula is C16H34NO3P. The van der Waals surface area contributed by atoms with Gasteiger partial charge in [-0.05, 0) is 40.0 Å². The van der Waals surface area contributed by atoms with Crippen molar-refractivity contribution in [3.05, 3.63) is 0 Å². The summed E-state index contributed by atoms with van der Waals surface area (Å²) in [7, 11) is -3.15. The molecule has 1 saturated carbocycles. The van der Waals surface area contributed by atoms with Crippen LogP contribution in [0, 0.1) is 0 Å². The van der Waals surface area contributed by atoms with E-state index in [1.807, 2.05) is 20.8 Å². The molecule has 0 aromatic carbocycles. The Morgan fingerprint density at radius 1 is 1.10 bits per heavy atom. The first-order chi connectivity index (χ1) is 10.0. The lowest BCUT2D eigenvalue weighted by molar-refractivity contribution is 0.174. The zero-order valence-corrected chi connectivity index (χ0v) is 15.2. The van der Waals surface area contributed by atoms with Crippen molar-refractivity contribution in [2.24, 2.45) is 0 Å². The van der Waals surface area contributed by atoms with Gasteiger partial charge in [0.2, 0.25) is 0 Å². The van der Waals surface area contributed by atoms with Crippen LogP contribution in [0.1, 0.15) is 79.1 Å². The highest BCUT2D eigenvalue weighted by molar-refractivity contribution is 7.55. The summed E-state index contributed by atoms with van der Waals surface area (Å²) < 4.78 is 24.6. The minimum atomic E-state index is -3.15. The van der Waals surface area contributed by atoms with E-state index in [1.54, 1.807) is 0 Å². The first kappa shape index (κ1) is 19.2. The van der Waals surface area contributed by atoms with Crippen molar-refractivity contribution in [2.75, 3.05) is 13.2 Å². The molecule has 1 aliphatic rings. The average molecular weight is 319 g/mol. The van der Waals surface area contributed by atoms with Crippen LogP contribution in [0.5, 0.6) is 0 Å². The second kappa shape index (κ2) is 9.29. The minimum absolute atomic E-state index is 0.422. The highest BCUT2D eigenvalue weighted by Gasteiger charge is 2.47. The van der Waals surface area contributed by atoms with Gasteiger partial charge in [-0.25, -0.2) is 0 Å². The Kier molecular flexibility index (Phi) is 8.48. The fraction of sp³-hybridized carbons (Fsp3) is 1.00. The molecule has 1 aliphatic carbocycles. The van der Waals surface area contributed by atoms with Crippen molar-refractivity contribution in [3.63, 3.8) is 0 Å². The number of rotatable bonds is 10. The van der Waals surface area contributed by atoms with Gasteiger partial charge in [0.1, 0.15) is 5.28 Å². The highest BCUT2D eigenvalue weighted by atomic mass is 31.2. The molecule has 0 spiro atoms. The van der Waals surface area contributed by atoms with Crippen LogP contribution < -0.4 is 5.32 Å². The van der Waals surface area contributed by atoms with Gasteiger partial charge in [0.25, 0.3) is 0 Å². The largest absolute Gasteiger partial charge is 0.350 e. The topological polar surface area (TPSA) is 47.6 Å². The van der Waals surface area contributed by atoms with Crippen LogP contribution in [0.2, 0.25) is 0 Å². The maximum Gasteiger partial charge on any atom is 0.350 e. The predicted molar refractivity (Wildman–Crippen MR) is 88.8 cm³/mol. The Balaban J connectivity index is 2.89. The average Bonchev–Trinajstić information content (AvgIpc) is 2.46. The Morgan fingerprint density at radius 2 is 1.67 bits per heavy atom. The van der Waals surface area contributed by atoms with E-state index in [-0.39, 0.29) is 0 Å². The molecule has 21 heavy (non-hydrogen) atoms. The fourth-order valence-electron chi connectivity index (χ4n) is 3.16. The summed E-state index contributed by atoms with van der Waals surface area (Å²) >= 11 is 0. The molecule has 1 rings (SSSR count). The standard InChI is InChI=1S/C16H34NO3P/c1-5-8-14-16(4,17-15-12-10-9-11-13-15)21(18,19-6-2)20-7-3/h15,17H,5-14H2,1-4H3. The highest BCUT2D eigenvalue weighted by Crippen LogP contribution is 2.60. The van der Waals surface area contributed by atoms with E-state index >= 15 is 0 Å². The van der Waals surface area contributed by atoms with Crippen molar-refractivity contribution in [3.8, 4) is 0 Å². The molecule has 0 saturated heterocycles. The van der Waals surface area contributed by atoms with Crippen LogP contribution in [-0.4, -0.2) is 24.5 Å². The molecule has 0 bridgehead atoms. The van der Waals surface area contributed by atoms with Crippen LogP contribution in [0.15, 0.2) is 0 Å². The maximum atomic E-state index is 13.3. The third kappa shape index (κ3) is 5.35. The van der Waals surface area contributed by atoms with Gasteiger partial charge in [0.05, 0.1) is 13.2 Å². The van der Waals surface area contributed by atoms with Gasteiger partial charge < -0.3 is 9.05 Å². The zero-order valence-electron chi connectivity index (χ0n) is 14.3.